The molecule has 0 saturated carbocycles. The summed E-state index contributed by atoms with van der Waals surface area (Å²) >= 11 is 0. The third-order valence-electron chi connectivity index (χ3n) is 4.35. The standard InChI is InChI=1S/C19H39/c1-5-7-8-9-10-11-12-13-14-15-16-19(4)17-18(3)6-2/h18-19H,2,5-17H2,1,3-4H3. The molecule has 0 fully saturated rings. The minimum absolute atomic E-state index is 0.818. The van der Waals surface area contributed by atoms with E-state index in [0.717, 1.165) is 18.3 Å². The maximum absolute atomic E-state index is 4.00. The van der Waals surface area contributed by atoms with Crippen molar-refractivity contribution in [3.63, 3.8) is 0 Å². The van der Waals surface area contributed by atoms with Crippen LogP contribution in [0.25, 0.3) is 0 Å². The number of hydrogen-bond donors (Lipinski definition) is 0. The molecule has 0 saturated heterocycles. The molecular formula is C19H39. The molecule has 0 aromatic rings. The zero-order valence-electron chi connectivity index (χ0n) is 14.1. The Morgan fingerprint density at radius 3 is 1.63 bits per heavy atom. The Hall–Kier alpha value is 0. The first-order valence-electron chi connectivity index (χ1n) is 8.99. The smallest absolute Gasteiger partial charge is 0.0440 e. The van der Waals surface area contributed by atoms with Crippen molar-refractivity contribution in [1.29, 1.82) is 0 Å². The molecule has 19 heavy (non-hydrogen) atoms. The Balaban J connectivity index is 3.13. The Morgan fingerprint density at radius 1 is 0.684 bits per heavy atom. The lowest BCUT2D eigenvalue weighted by molar-refractivity contribution is 0.381. The highest BCUT2D eigenvalue weighted by atomic mass is 14.1. The normalized spacial score (nSPS) is 14.5. The van der Waals surface area contributed by atoms with Gasteiger partial charge in [-0.05, 0) is 18.3 Å². The van der Waals surface area contributed by atoms with Gasteiger partial charge in [-0.25, -0.2) is 0 Å². The average molecular weight is 268 g/mol. The molecule has 0 spiro atoms. The van der Waals surface area contributed by atoms with Gasteiger partial charge in [0.2, 0.25) is 0 Å². The molecule has 0 nitrogen and oxygen atoms in total. The molecule has 0 bridgehead atoms. The fourth-order valence-corrected chi connectivity index (χ4v) is 2.90. The molecule has 0 aliphatic carbocycles. The Kier molecular flexibility index (Phi) is 14.4. The Bertz CT molecular complexity index is 161. The van der Waals surface area contributed by atoms with Gasteiger partial charge in [-0.15, -0.1) is 0 Å². The summed E-state index contributed by atoms with van der Waals surface area (Å²) in [4.78, 5) is 0. The summed E-state index contributed by atoms with van der Waals surface area (Å²) in [6.07, 6.45) is 18.4. The van der Waals surface area contributed by atoms with Gasteiger partial charge in [0.1, 0.15) is 0 Å². The summed E-state index contributed by atoms with van der Waals surface area (Å²) in [5.74, 6) is 1.73. The van der Waals surface area contributed by atoms with Crippen LogP contribution >= 0.6 is 0 Å². The third-order valence-corrected chi connectivity index (χ3v) is 4.35. The lowest BCUT2D eigenvalue weighted by atomic mass is 9.91. The van der Waals surface area contributed by atoms with E-state index in [1.807, 2.05) is 0 Å². The van der Waals surface area contributed by atoms with Gasteiger partial charge >= 0.3 is 0 Å². The summed E-state index contributed by atoms with van der Waals surface area (Å²) in [5, 5.41) is 0. The van der Waals surface area contributed by atoms with Crippen molar-refractivity contribution < 1.29 is 0 Å². The predicted octanol–water partition coefficient (Wildman–Crippen LogP) is 7.18. The van der Waals surface area contributed by atoms with Crippen LogP contribution in [0, 0.1) is 18.8 Å². The summed E-state index contributed by atoms with van der Waals surface area (Å²) in [6.45, 7) is 11.0. The van der Waals surface area contributed by atoms with Crippen LogP contribution in [0.15, 0.2) is 0 Å². The van der Waals surface area contributed by atoms with Gasteiger partial charge in [-0.1, -0.05) is 105 Å². The fourth-order valence-electron chi connectivity index (χ4n) is 2.90. The molecule has 0 heterocycles. The molecule has 0 amide bonds. The van der Waals surface area contributed by atoms with Crippen molar-refractivity contribution in [2.24, 2.45) is 11.8 Å². The molecule has 0 N–H and O–H groups in total. The van der Waals surface area contributed by atoms with Crippen LogP contribution in [-0.4, -0.2) is 0 Å². The van der Waals surface area contributed by atoms with Crippen LogP contribution in [0.1, 0.15) is 104 Å². The second kappa shape index (κ2) is 14.4. The second-order valence-corrected chi connectivity index (χ2v) is 6.71. The van der Waals surface area contributed by atoms with Crippen LogP contribution < -0.4 is 0 Å². The van der Waals surface area contributed by atoms with E-state index in [9.17, 15) is 0 Å². The highest BCUT2D eigenvalue weighted by molar-refractivity contribution is 4.61. The summed E-state index contributed by atoms with van der Waals surface area (Å²) in [7, 11) is 0. The van der Waals surface area contributed by atoms with Gasteiger partial charge in [-0.2, -0.15) is 0 Å². The molecule has 0 rings (SSSR count). The van der Waals surface area contributed by atoms with E-state index in [0.29, 0.717) is 0 Å². The van der Waals surface area contributed by atoms with Crippen molar-refractivity contribution in [2.45, 2.75) is 104 Å². The van der Waals surface area contributed by atoms with Crippen molar-refractivity contribution in [3.8, 4) is 0 Å². The monoisotopic (exact) mass is 267 g/mol. The van der Waals surface area contributed by atoms with E-state index in [1.54, 1.807) is 0 Å². The Morgan fingerprint density at radius 2 is 1.16 bits per heavy atom. The highest BCUT2D eigenvalue weighted by Crippen LogP contribution is 2.20. The minimum atomic E-state index is 0.818. The number of hydrogen-bond acceptors (Lipinski definition) is 0. The van der Waals surface area contributed by atoms with Crippen molar-refractivity contribution in [2.75, 3.05) is 0 Å². The van der Waals surface area contributed by atoms with Gasteiger partial charge in [0.05, 0.1) is 0 Å². The highest BCUT2D eigenvalue weighted by Gasteiger charge is 2.06. The fraction of sp³-hybridized carbons (Fsp3) is 0.947. The molecular weight excluding hydrogens is 228 g/mol. The van der Waals surface area contributed by atoms with Crippen molar-refractivity contribution in [1.82, 2.24) is 0 Å². The largest absolute Gasteiger partial charge is 0.0654 e. The van der Waals surface area contributed by atoms with Gasteiger partial charge in [-0.3, -0.25) is 0 Å². The van der Waals surface area contributed by atoms with Crippen molar-refractivity contribution in [3.05, 3.63) is 6.92 Å². The van der Waals surface area contributed by atoms with Crippen LogP contribution in [0.3, 0.4) is 0 Å². The van der Waals surface area contributed by atoms with E-state index in [1.165, 1.54) is 77.0 Å². The topological polar surface area (TPSA) is 0 Å². The third kappa shape index (κ3) is 14.2. The zero-order valence-corrected chi connectivity index (χ0v) is 14.1. The average Bonchev–Trinajstić information content (AvgIpc) is 2.40. The quantitative estimate of drug-likeness (QED) is 0.292. The van der Waals surface area contributed by atoms with E-state index < -0.39 is 0 Å². The maximum Gasteiger partial charge on any atom is -0.0440 e. The first-order chi connectivity index (χ1) is 9.20. The van der Waals surface area contributed by atoms with Gasteiger partial charge in [0.15, 0.2) is 0 Å². The lowest BCUT2D eigenvalue weighted by Gasteiger charge is -2.15. The molecule has 115 valence electrons. The molecule has 2 unspecified atom stereocenters. The van der Waals surface area contributed by atoms with Crippen LogP contribution in [0.5, 0.6) is 0 Å². The van der Waals surface area contributed by atoms with Gasteiger partial charge in [0, 0.05) is 0 Å². The predicted molar refractivity (Wildman–Crippen MR) is 89.4 cm³/mol. The molecule has 0 aromatic carbocycles. The molecule has 2 atom stereocenters. The van der Waals surface area contributed by atoms with Gasteiger partial charge < -0.3 is 0 Å². The maximum atomic E-state index is 4.00. The van der Waals surface area contributed by atoms with Crippen LogP contribution in [0.4, 0.5) is 0 Å². The summed E-state index contributed by atoms with van der Waals surface area (Å²) in [5.41, 5.74) is 0. The lowest BCUT2D eigenvalue weighted by Crippen LogP contribution is -2.02. The molecule has 0 heteroatoms. The Labute approximate surface area is 123 Å². The van der Waals surface area contributed by atoms with Crippen LogP contribution in [-0.2, 0) is 0 Å². The molecule has 0 aromatic heterocycles. The minimum Gasteiger partial charge on any atom is -0.0654 e. The van der Waals surface area contributed by atoms with Crippen molar-refractivity contribution >= 4 is 0 Å². The zero-order chi connectivity index (χ0) is 14.3. The first-order valence-corrected chi connectivity index (χ1v) is 8.99. The molecule has 0 aliphatic rings. The van der Waals surface area contributed by atoms with Crippen LogP contribution in [0.2, 0.25) is 0 Å². The van der Waals surface area contributed by atoms with E-state index >= 15 is 0 Å². The second-order valence-electron chi connectivity index (χ2n) is 6.71. The van der Waals surface area contributed by atoms with E-state index in [2.05, 4.69) is 27.7 Å². The van der Waals surface area contributed by atoms with E-state index in [4.69, 9.17) is 0 Å². The summed E-state index contributed by atoms with van der Waals surface area (Å²) < 4.78 is 0. The van der Waals surface area contributed by atoms with E-state index in [-0.39, 0.29) is 0 Å². The molecule has 1 radical (unpaired) electrons. The summed E-state index contributed by atoms with van der Waals surface area (Å²) in [6, 6.07) is 0. The number of unbranched alkanes of at least 4 members (excludes halogenated alkanes) is 9. The number of rotatable bonds is 14. The van der Waals surface area contributed by atoms with Gasteiger partial charge in [0.25, 0.3) is 0 Å². The SMILES string of the molecule is [CH2]CC(C)CC(C)CCCCCCCCCCCC. The first kappa shape index (κ1) is 19.0. The molecule has 0 aliphatic heterocycles.